The van der Waals surface area contributed by atoms with Gasteiger partial charge in [0.1, 0.15) is 5.54 Å². The molecule has 0 aliphatic carbocycles. The molecule has 6 heteroatoms. The fourth-order valence-electron chi connectivity index (χ4n) is 4.16. The summed E-state index contributed by atoms with van der Waals surface area (Å²) in [7, 11) is 1.30. The lowest BCUT2D eigenvalue weighted by molar-refractivity contribution is -0.199. The maximum atomic E-state index is 12.7. The third kappa shape index (κ3) is 2.76. The molecule has 1 heterocycles. The number of methoxy groups -OCH3 is 1. The lowest BCUT2D eigenvalue weighted by Gasteiger charge is -2.34. The maximum Gasteiger partial charge on any atom is 0.329 e. The molecule has 3 rings (SSSR count). The zero-order valence-electron chi connectivity index (χ0n) is 14.9. The summed E-state index contributed by atoms with van der Waals surface area (Å²) in [5.41, 5.74) is 6.67. The van der Waals surface area contributed by atoms with E-state index >= 15 is 0 Å². The number of carbonyl (C=O) groups excluding carboxylic acids is 1. The number of nitrogen functional groups attached to an aromatic ring is 1. The largest absolute Gasteiger partial charge is 0.468 e. The monoisotopic (exact) mass is 356 g/mol. The lowest BCUT2D eigenvalue weighted by atomic mass is 9.75. The highest BCUT2D eigenvalue weighted by Crippen LogP contribution is 2.54. The molecule has 0 spiro atoms. The van der Waals surface area contributed by atoms with Crippen LogP contribution in [0.2, 0.25) is 0 Å². The Morgan fingerprint density at radius 2 is 1.77 bits per heavy atom. The van der Waals surface area contributed by atoms with Gasteiger partial charge in [-0.15, -0.1) is 0 Å². The van der Waals surface area contributed by atoms with Crippen LogP contribution in [-0.2, 0) is 9.53 Å². The number of aliphatic hydroxyl groups excluding tert-OH is 1. The molecule has 6 nitrogen and oxygen atoms in total. The van der Waals surface area contributed by atoms with E-state index in [0.29, 0.717) is 5.69 Å². The van der Waals surface area contributed by atoms with Crippen LogP contribution in [-0.4, -0.2) is 40.6 Å². The number of hydroxylamine groups is 2. The Labute approximate surface area is 152 Å². The SMILES string of the molecule is COC(=O)[C@]1(C)[C@H](c2ccccc2)[C@@H](CO)[C@@H](c2ccc(N)cc2)N1O. The summed E-state index contributed by atoms with van der Waals surface area (Å²) in [6.45, 7) is 1.45. The van der Waals surface area contributed by atoms with Crippen LogP contribution in [0.1, 0.15) is 30.0 Å². The van der Waals surface area contributed by atoms with Gasteiger partial charge >= 0.3 is 5.97 Å². The zero-order chi connectivity index (χ0) is 18.9. The van der Waals surface area contributed by atoms with E-state index in [2.05, 4.69) is 0 Å². The molecular weight excluding hydrogens is 332 g/mol. The maximum absolute atomic E-state index is 12.7. The number of esters is 1. The quantitative estimate of drug-likeness (QED) is 0.575. The number of carbonyl (C=O) groups is 1. The molecule has 4 atom stereocenters. The van der Waals surface area contributed by atoms with Crippen LogP contribution in [0.4, 0.5) is 5.69 Å². The van der Waals surface area contributed by atoms with Gasteiger partial charge < -0.3 is 20.8 Å². The number of hydrogen-bond donors (Lipinski definition) is 3. The second-order valence-corrected chi connectivity index (χ2v) is 6.83. The summed E-state index contributed by atoms with van der Waals surface area (Å²) in [6.07, 6.45) is 0. The molecule has 1 aliphatic heterocycles. The zero-order valence-corrected chi connectivity index (χ0v) is 14.9. The molecule has 0 unspecified atom stereocenters. The molecule has 1 fully saturated rings. The van der Waals surface area contributed by atoms with Gasteiger partial charge in [0.05, 0.1) is 13.2 Å². The Bertz CT molecular complexity index is 765. The number of benzene rings is 2. The van der Waals surface area contributed by atoms with Crippen LogP contribution < -0.4 is 5.73 Å². The van der Waals surface area contributed by atoms with Crippen LogP contribution in [0.25, 0.3) is 0 Å². The highest BCUT2D eigenvalue weighted by molar-refractivity contribution is 5.82. The first-order valence-corrected chi connectivity index (χ1v) is 8.53. The summed E-state index contributed by atoms with van der Waals surface area (Å²) in [5, 5.41) is 22.3. The number of anilines is 1. The summed E-state index contributed by atoms with van der Waals surface area (Å²) >= 11 is 0. The number of rotatable bonds is 4. The van der Waals surface area contributed by atoms with Crippen LogP contribution >= 0.6 is 0 Å². The predicted molar refractivity (Wildman–Crippen MR) is 97.4 cm³/mol. The predicted octanol–water partition coefficient (Wildman–Crippen LogP) is 2.34. The summed E-state index contributed by atoms with van der Waals surface area (Å²) in [6, 6.07) is 15.9. The fraction of sp³-hybridized carbons (Fsp3) is 0.350. The van der Waals surface area contributed by atoms with Gasteiger partial charge in [0, 0.05) is 24.1 Å². The van der Waals surface area contributed by atoms with Gasteiger partial charge in [-0.25, -0.2) is 4.79 Å². The summed E-state index contributed by atoms with van der Waals surface area (Å²) < 4.78 is 5.01. The normalized spacial score (nSPS) is 28.8. The molecular formula is C20H24N2O4. The van der Waals surface area contributed by atoms with E-state index in [4.69, 9.17) is 10.5 Å². The van der Waals surface area contributed by atoms with Gasteiger partial charge in [0.25, 0.3) is 0 Å². The molecule has 0 bridgehead atoms. The van der Waals surface area contributed by atoms with Gasteiger partial charge in [-0.1, -0.05) is 42.5 Å². The minimum absolute atomic E-state index is 0.196. The minimum atomic E-state index is -1.34. The average molecular weight is 356 g/mol. The second-order valence-electron chi connectivity index (χ2n) is 6.83. The van der Waals surface area contributed by atoms with Crippen LogP contribution in [0, 0.1) is 5.92 Å². The van der Waals surface area contributed by atoms with E-state index < -0.39 is 29.4 Å². The van der Waals surface area contributed by atoms with Gasteiger partial charge in [0.15, 0.2) is 0 Å². The third-order valence-corrected chi connectivity index (χ3v) is 5.42. The van der Waals surface area contributed by atoms with Gasteiger partial charge in [-0.05, 0) is 30.2 Å². The molecule has 2 aromatic rings. The van der Waals surface area contributed by atoms with E-state index in [9.17, 15) is 15.1 Å². The molecule has 2 aromatic carbocycles. The molecule has 0 radical (unpaired) electrons. The van der Waals surface area contributed by atoms with Gasteiger partial charge in [-0.3, -0.25) is 0 Å². The molecule has 138 valence electrons. The summed E-state index contributed by atoms with van der Waals surface area (Å²) in [4.78, 5) is 12.7. The number of nitrogens with two attached hydrogens (primary N) is 1. The van der Waals surface area contributed by atoms with E-state index in [0.717, 1.165) is 16.2 Å². The fourth-order valence-corrected chi connectivity index (χ4v) is 4.16. The topological polar surface area (TPSA) is 96.0 Å². The molecule has 1 aliphatic rings. The van der Waals surface area contributed by atoms with E-state index in [1.807, 2.05) is 30.3 Å². The van der Waals surface area contributed by atoms with E-state index in [1.165, 1.54) is 7.11 Å². The van der Waals surface area contributed by atoms with Crippen molar-refractivity contribution >= 4 is 11.7 Å². The first-order chi connectivity index (χ1) is 12.4. The highest BCUT2D eigenvalue weighted by atomic mass is 16.5. The highest BCUT2D eigenvalue weighted by Gasteiger charge is 2.61. The first-order valence-electron chi connectivity index (χ1n) is 8.53. The molecule has 0 aromatic heterocycles. The van der Waals surface area contributed by atoms with Crippen LogP contribution in [0.15, 0.2) is 54.6 Å². The van der Waals surface area contributed by atoms with Gasteiger partial charge in [0.2, 0.25) is 0 Å². The van der Waals surface area contributed by atoms with Crippen molar-refractivity contribution in [3.63, 3.8) is 0 Å². The van der Waals surface area contributed by atoms with Crippen molar-refractivity contribution < 1.29 is 19.8 Å². The third-order valence-electron chi connectivity index (χ3n) is 5.42. The Morgan fingerprint density at radius 3 is 2.31 bits per heavy atom. The second kappa shape index (κ2) is 7.07. The minimum Gasteiger partial charge on any atom is -0.468 e. The molecule has 4 N–H and O–H groups in total. The average Bonchev–Trinajstić information content (AvgIpc) is 2.90. The van der Waals surface area contributed by atoms with Crippen molar-refractivity contribution in [2.24, 2.45) is 5.92 Å². The Hall–Kier alpha value is -2.41. The number of hydrogen-bond acceptors (Lipinski definition) is 6. The molecule has 0 saturated carbocycles. The van der Waals surface area contributed by atoms with Crippen molar-refractivity contribution in [1.82, 2.24) is 5.06 Å². The Kier molecular flexibility index (Phi) is 5.00. The van der Waals surface area contributed by atoms with Crippen molar-refractivity contribution in [1.29, 1.82) is 0 Å². The van der Waals surface area contributed by atoms with Crippen molar-refractivity contribution in [2.75, 3.05) is 19.5 Å². The smallest absolute Gasteiger partial charge is 0.329 e. The van der Waals surface area contributed by atoms with E-state index in [1.54, 1.807) is 31.2 Å². The number of ether oxygens (including phenoxy) is 1. The molecule has 1 saturated heterocycles. The number of aliphatic hydroxyl groups is 1. The molecule has 26 heavy (non-hydrogen) atoms. The Balaban J connectivity index is 2.16. The van der Waals surface area contributed by atoms with E-state index in [-0.39, 0.29) is 6.61 Å². The first kappa shape index (κ1) is 18.4. The van der Waals surface area contributed by atoms with Crippen molar-refractivity contribution in [3.8, 4) is 0 Å². The Morgan fingerprint density at radius 1 is 1.15 bits per heavy atom. The van der Waals surface area contributed by atoms with Gasteiger partial charge in [-0.2, -0.15) is 5.06 Å². The summed E-state index contributed by atoms with van der Waals surface area (Å²) in [5.74, 6) is -1.41. The van der Waals surface area contributed by atoms with Crippen LogP contribution in [0.3, 0.4) is 0 Å². The standard InChI is InChI=1S/C20H24N2O4/c1-20(19(24)26-2)17(13-6-4-3-5-7-13)16(12-23)18(22(20)25)14-8-10-15(21)11-9-14/h3-11,16-18,23,25H,12,21H2,1-2H3/t16-,17-,18-,20+/m1/s1. The van der Waals surface area contributed by atoms with Crippen molar-refractivity contribution in [3.05, 3.63) is 65.7 Å². The number of nitrogens with zero attached hydrogens (tertiary/aromatic N) is 1. The van der Waals surface area contributed by atoms with Crippen molar-refractivity contribution in [2.45, 2.75) is 24.4 Å². The van der Waals surface area contributed by atoms with Crippen LogP contribution in [0.5, 0.6) is 0 Å². The lowest BCUT2D eigenvalue weighted by Crippen LogP contribution is -2.51. The molecule has 0 amide bonds.